The molecule has 8 heteroatoms. The molecule has 0 spiro atoms. The van der Waals surface area contributed by atoms with Crippen LogP contribution in [-0.4, -0.2) is 39.7 Å². The number of hydrogen-bond acceptors (Lipinski definition) is 5. The van der Waals surface area contributed by atoms with Crippen molar-refractivity contribution in [3.63, 3.8) is 0 Å². The van der Waals surface area contributed by atoms with Gasteiger partial charge in [-0.25, -0.2) is 14.6 Å². The molecule has 2 atom stereocenters. The van der Waals surface area contributed by atoms with E-state index >= 15 is 0 Å². The third kappa shape index (κ3) is 6.40. The lowest BCUT2D eigenvalue weighted by atomic mass is 9.98. The number of anilines is 1. The van der Waals surface area contributed by atoms with E-state index in [9.17, 15) is 14.4 Å². The van der Waals surface area contributed by atoms with Gasteiger partial charge in [0.2, 0.25) is 5.91 Å². The molecule has 1 aromatic rings. The molecule has 0 radical (unpaired) electrons. The van der Waals surface area contributed by atoms with Gasteiger partial charge in [-0.1, -0.05) is 20.3 Å². The van der Waals surface area contributed by atoms with E-state index in [0.717, 1.165) is 0 Å². The quantitative estimate of drug-likeness (QED) is 0.725. The fraction of sp³-hybridized carbons (Fsp3) is 0.529. The van der Waals surface area contributed by atoms with Gasteiger partial charge in [0.15, 0.2) is 0 Å². The van der Waals surface area contributed by atoms with Crippen LogP contribution in [0.15, 0.2) is 18.3 Å². The SMILES string of the molecule is CC[C@H](C)[C@H](NC(=O)OC(C)(C)C)C(=O)Nc1ncccc1C(=O)O. The average Bonchev–Trinajstić information content (AvgIpc) is 2.50. The lowest BCUT2D eigenvalue weighted by Crippen LogP contribution is -2.49. The normalized spacial score (nSPS) is 13.5. The maximum atomic E-state index is 12.6. The van der Waals surface area contributed by atoms with Gasteiger partial charge in [-0.15, -0.1) is 0 Å². The van der Waals surface area contributed by atoms with Crippen LogP contribution in [-0.2, 0) is 9.53 Å². The van der Waals surface area contributed by atoms with E-state index in [2.05, 4.69) is 15.6 Å². The highest BCUT2D eigenvalue weighted by atomic mass is 16.6. The fourth-order valence-corrected chi connectivity index (χ4v) is 2.01. The maximum Gasteiger partial charge on any atom is 0.408 e. The minimum atomic E-state index is -1.21. The van der Waals surface area contributed by atoms with Crippen molar-refractivity contribution in [3.05, 3.63) is 23.9 Å². The van der Waals surface area contributed by atoms with Gasteiger partial charge in [-0.3, -0.25) is 4.79 Å². The highest BCUT2D eigenvalue weighted by Crippen LogP contribution is 2.15. The highest BCUT2D eigenvalue weighted by Gasteiger charge is 2.29. The van der Waals surface area contributed by atoms with E-state index in [1.807, 2.05) is 6.92 Å². The molecule has 0 saturated heterocycles. The largest absolute Gasteiger partial charge is 0.478 e. The smallest absolute Gasteiger partial charge is 0.408 e. The predicted octanol–water partition coefficient (Wildman–Crippen LogP) is 2.66. The zero-order valence-corrected chi connectivity index (χ0v) is 15.1. The second-order valence-corrected chi connectivity index (χ2v) is 6.70. The molecule has 0 aliphatic rings. The molecule has 25 heavy (non-hydrogen) atoms. The van der Waals surface area contributed by atoms with Crippen molar-refractivity contribution < 1.29 is 24.2 Å². The summed E-state index contributed by atoms with van der Waals surface area (Å²) in [6.07, 6.45) is 1.29. The molecule has 138 valence electrons. The number of alkyl carbamates (subject to hydrolysis) is 1. The van der Waals surface area contributed by atoms with Crippen molar-refractivity contribution in [2.45, 2.75) is 52.7 Å². The summed E-state index contributed by atoms with van der Waals surface area (Å²) < 4.78 is 5.19. The first-order valence-electron chi connectivity index (χ1n) is 8.03. The second-order valence-electron chi connectivity index (χ2n) is 6.70. The number of aromatic nitrogens is 1. The third-order valence-corrected chi connectivity index (χ3v) is 3.45. The lowest BCUT2D eigenvalue weighted by Gasteiger charge is -2.26. The zero-order valence-electron chi connectivity index (χ0n) is 15.1. The van der Waals surface area contributed by atoms with Gasteiger partial charge < -0.3 is 20.5 Å². The number of carboxylic acids is 1. The summed E-state index contributed by atoms with van der Waals surface area (Å²) >= 11 is 0. The van der Waals surface area contributed by atoms with Crippen LogP contribution in [0.3, 0.4) is 0 Å². The van der Waals surface area contributed by atoms with Crippen LogP contribution in [0.5, 0.6) is 0 Å². The molecule has 0 aliphatic carbocycles. The molecule has 3 N–H and O–H groups in total. The van der Waals surface area contributed by atoms with E-state index in [4.69, 9.17) is 9.84 Å². The van der Waals surface area contributed by atoms with E-state index in [1.165, 1.54) is 18.3 Å². The average molecular weight is 351 g/mol. The number of hydrogen-bond donors (Lipinski definition) is 3. The van der Waals surface area contributed by atoms with Crippen LogP contribution in [0.1, 0.15) is 51.4 Å². The Morgan fingerprint density at radius 3 is 2.48 bits per heavy atom. The monoisotopic (exact) mass is 351 g/mol. The molecule has 0 aromatic carbocycles. The molecule has 0 unspecified atom stereocenters. The summed E-state index contributed by atoms with van der Waals surface area (Å²) in [4.78, 5) is 39.7. The number of carboxylic acid groups (broad SMARTS) is 1. The Balaban J connectivity index is 2.95. The molecular weight excluding hydrogens is 326 g/mol. The van der Waals surface area contributed by atoms with E-state index < -0.39 is 29.6 Å². The van der Waals surface area contributed by atoms with Crippen LogP contribution >= 0.6 is 0 Å². The Morgan fingerprint density at radius 2 is 1.96 bits per heavy atom. The Labute approximate surface area is 147 Å². The summed E-state index contributed by atoms with van der Waals surface area (Å²) in [7, 11) is 0. The minimum absolute atomic E-state index is 0.0701. The Morgan fingerprint density at radius 1 is 1.32 bits per heavy atom. The maximum absolute atomic E-state index is 12.6. The molecule has 0 fully saturated rings. The molecule has 0 saturated carbocycles. The fourth-order valence-electron chi connectivity index (χ4n) is 2.01. The van der Waals surface area contributed by atoms with E-state index in [1.54, 1.807) is 27.7 Å². The minimum Gasteiger partial charge on any atom is -0.478 e. The number of amides is 2. The van der Waals surface area contributed by atoms with Crippen LogP contribution in [0.25, 0.3) is 0 Å². The molecule has 0 bridgehead atoms. The number of carbonyl (C=O) groups is 3. The first-order chi connectivity index (χ1) is 11.5. The van der Waals surface area contributed by atoms with Crippen molar-refractivity contribution in [2.24, 2.45) is 5.92 Å². The summed E-state index contributed by atoms with van der Waals surface area (Å²) in [5.41, 5.74) is -0.825. The van der Waals surface area contributed by atoms with E-state index in [-0.39, 0.29) is 17.3 Å². The molecular formula is C17H25N3O5. The molecule has 1 aromatic heterocycles. The van der Waals surface area contributed by atoms with Gasteiger partial charge in [0.1, 0.15) is 23.0 Å². The van der Waals surface area contributed by atoms with Crippen LogP contribution in [0.4, 0.5) is 10.6 Å². The number of rotatable bonds is 6. The van der Waals surface area contributed by atoms with Gasteiger partial charge in [0, 0.05) is 6.20 Å². The van der Waals surface area contributed by atoms with Gasteiger partial charge in [-0.2, -0.15) is 0 Å². The lowest BCUT2D eigenvalue weighted by molar-refractivity contribution is -0.119. The first-order valence-corrected chi connectivity index (χ1v) is 8.03. The van der Waals surface area contributed by atoms with Crippen molar-refractivity contribution in [1.82, 2.24) is 10.3 Å². The Kier molecular flexibility index (Phi) is 6.90. The molecule has 8 nitrogen and oxygen atoms in total. The Hall–Kier alpha value is -2.64. The Bertz CT molecular complexity index is 639. The van der Waals surface area contributed by atoms with Gasteiger partial charge >= 0.3 is 12.1 Å². The number of aromatic carboxylic acids is 1. The zero-order chi connectivity index (χ0) is 19.2. The molecule has 1 heterocycles. The van der Waals surface area contributed by atoms with Crippen molar-refractivity contribution >= 4 is 23.8 Å². The molecule has 0 aliphatic heterocycles. The van der Waals surface area contributed by atoms with Crippen LogP contribution in [0.2, 0.25) is 0 Å². The van der Waals surface area contributed by atoms with Crippen molar-refractivity contribution in [2.75, 3.05) is 5.32 Å². The summed E-state index contributed by atoms with van der Waals surface area (Å²) in [5, 5.41) is 14.2. The van der Waals surface area contributed by atoms with E-state index in [0.29, 0.717) is 6.42 Å². The van der Waals surface area contributed by atoms with Gasteiger partial charge in [-0.05, 0) is 38.8 Å². The van der Waals surface area contributed by atoms with Crippen molar-refractivity contribution in [3.8, 4) is 0 Å². The second kappa shape index (κ2) is 8.46. The number of nitrogens with one attached hydrogen (secondary N) is 2. The van der Waals surface area contributed by atoms with Crippen LogP contribution in [0, 0.1) is 5.92 Å². The predicted molar refractivity (Wildman–Crippen MR) is 92.4 cm³/mol. The van der Waals surface area contributed by atoms with Gasteiger partial charge in [0.25, 0.3) is 0 Å². The molecule has 1 rings (SSSR count). The molecule has 2 amide bonds. The number of pyridine rings is 1. The standard InChI is InChI=1S/C17H25N3O5/c1-6-10(2)12(19-16(24)25-17(3,4)5)14(21)20-13-11(15(22)23)8-7-9-18-13/h7-10,12H,6H2,1-5H3,(H,19,24)(H,22,23)(H,18,20,21)/t10-,12-/m0/s1. The number of ether oxygens (including phenoxy) is 1. The first kappa shape index (κ1) is 20.4. The summed E-state index contributed by atoms with van der Waals surface area (Å²) in [6, 6.07) is 1.91. The van der Waals surface area contributed by atoms with Gasteiger partial charge in [0.05, 0.1) is 0 Å². The number of carbonyl (C=O) groups excluding carboxylic acids is 2. The number of nitrogens with zero attached hydrogens (tertiary/aromatic N) is 1. The van der Waals surface area contributed by atoms with Crippen LogP contribution < -0.4 is 10.6 Å². The van der Waals surface area contributed by atoms with Crippen molar-refractivity contribution in [1.29, 1.82) is 0 Å². The topological polar surface area (TPSA) is 118 Å². The third-order valence-electron chi connectivity index (χ3n) is 3.45. The highest BCUT2D eigenvalue weighted by molar-refractivity contribution is 6.01. The summed E-state index contributed by atoms with van der Waals surface area (Å²) in [5.74, 6) is -2.02. The summed E-state index contributed by atoms with van der Waals surface area (Å²) in [6.45, 7) is 8.84.